The normalized spacial score (nSPS) is 19.9. The average molecular weight is 375 g/mol. The molecule has 1 aliphatic rings. The largest absolute Gasteiger partial charge is 0.107 e. The standard InChI is InChI=1S/C8H9NTe.HI/c1-6-9-7-4-2-3-5-8(7)10-6;/h2-6,9H,1H3;1H. The summed E-state index contributed by atoms with van der Waals surface area (Å²) in [6.45, 7) is 2.27. The van der Waals surface area contributed by atoms with Crippen molar-refractivity contribution in [3.8, 4) is 0 Å². The Balaban J connectivity index is 0.000000605. The van der Waals surface area contributed by atoms with Crippen LogP contribution in [0, 0.1) is 0 Å². The van der Waals surface area contributed by atoms with E-state index in [1.807, 2.05) is 0 Å². The maximum absolute atomic E-state index is 3.46. The van der Waals surface area contributed by atoms with Crippen LogP contribution in [0.1, 0.15) is 6.92 Å². The number of hydrogen-bond acceptors (Lipinski definition) is 1. The van der Waals surface area contributed by atoms with Crippen molar-refractivity contribution < 1.29 is 0 Å². The zero-order valence-electron chi connectivity index (χ0n) is 6.20. The quantitative estimate of drug-likeness (QED) is 0.535. The zero-order valence-corrected chi connectivity index (χ0v) is 10.9. The Labute approximate surface area is 94.1 Å². The summed E-state index contributed by atoms with van der Waals surface area (Å²) in [6, 6.07) is 8.64. The maximum Gasteiger partial charge on any atom is -0.107 e. The van der Waals surface area contributed by atoms with Gasteiger partial charge >= 0.3 is 70.8 Å². The molecule has 0 aromatic heterocycles. The summed E-state index contributed by atoms with van der Waals surface area (Å²) in [5.74, 6) is 0. The van der Waals surface area contributed by atoms with E-state index in [-0.39, 0.29) is 44.9 Å². The first-order chi connectivity index (χ1) is 4.86. The second-order valence-corrected chi connectivity index (χ2v) is 6.35. The molecule has 0 amide bonds. The van der Waals surface area contributed by atoms with Crippen LogP contribution in [0.2, 0.25) is 0 Å². The van der Waals surface area contributed by atoms with Gasteiger partial charge < -0.3 is 0 Å². The van der Waals surface area contributed by atoms with Gasteiger partial charge in [0, 0.05) is 0 Å². The third kappa shape index (κ3) is 2.01. The third-order valence-corrected chi connectivity index (χ3v) is 4.64. The number of fused-ring (bicyclic) bond motifs is 1. The molecule has 1 unspecified atom stereocenters. The number of para-hydroxylation sites is 1. The summed E-state index contributed by atoms with van der Waals surface area (Å²) >= 11 is 0.0798. The van der Waals surface area contributed by atoms with E-state index in [2.05, 4.69) is 36.5 Å². The number of benzene rings is 1. The molecule has 2 rings (SSSR count). The molecular weight excluding hydrogens is 365 g/mol. The van der Waals surface area contributed by atoms with Crippen molar-refractivity contribution in [2.45, 2.75) is 11.0 Å². The minimum absolute atomic E-state index is 0. The van der Waals surface area contributed by atoms with Crippen molar-refractivity contribution in [1.82, 2.24) is 0 Å². The number of anilines is 1. The van der Waals surface area contributed by atoms with Gasteiger partial charge in [0.25, 0.3) is 0 Å². The van der Waals surface area contributed by atoms with Crippen LogP contribution in [-0.2, 0) is 0 Å². The minimum Gasteiger partial charge on any atom is -0.107 e. The van der Waals surface area contributed by atoms with Gasteiger partial charge in [-0.05, 0) is 0 Å². The van der Waals surface area contributed by atoms with Gasteiger partial charge in [0.2, 0.25) is 0 Å². The molecule has 0 saturated heterocycles. The van der Waals surface area contributed by atoms with Crippen LogP contribution in [0.15, 0.2) is 24.3 Å². The molecule has 0 saturated carbocycles. The van der Waals surface area contributed by atoms with Crippen LogP contribution in [0.5, 0.6) is 0 Å². The van der Waals surface area contributed by atoms with Gasteiger partial charge in [-0.3, -0.25) is 0 Å². The molecule has 1 heterocycles. The second kappa shape index (κ2) is 3.97. The number of rotatable bonds is 0. The minimum atomic E-state index is 0. The van der Waals surface area contributed by atoms with Gasteiger partial charge in [0.05, 0.1) is 0 Å². The Morgan fingerprint density at radius 3 is 2.82 bits per heavy atom. The van der Waals surface area contributed by atoms with Gasteiger partial charge in [-0.2, -0.15) is 0 Å². The average Bonchev–Trinajstić information content (AvgIpc) is 2.27. The van der Waals surface area contributed by atoms with Crippen molar-refractivity contribution in [2.24, 2.45) is 0 Å². The SMILES string of the molecule is CC1Nc2ccccc2[Te]1.I. The molecule has 11 heavy (non-hydrogen) atoms. The fraction of sp³-hybridized carbons (Fsp3) is 0.250. The van der Waals surface area contributed by atoms with E-state index in [0.717, 1.165) is 4.09 Å². The third-order valence-electron chi connectivity index (χ3n) is 1.55. The molecule has 60 valence electrons. The van der Waals surface area contributed by atoms with Crippen molar-refractivity contribution in [3.05, 3.63) is 24.3 Å². The summed E-state index contributed by atoms with van der Waals surface area (Å²) in [5, 5.41) is 3.46. The van der Waals surface area contributed by atoms with Crippen LogP contribution in [0.3, 0.4) is 0 Å². The smallest absolute Gasteiger partial charge is 0.107 e. The number of halogens is 1. The summed E-state index contributed by atoms with van der Waals surface area (Å²) in [6.07, 6.45) is 0. The fourth-order valence-corrected chi connectivity index (χ4v) is 3.92. The summed E-state index contributed by atoms with van der Waals surface area (Å²) < 4.78 is 2.34. The predicted molar refractivity (Wildman–Crippen MR) is 60.3 cm³/mol. The van der Waals surface area contributed by atoms with Crippen molar-refractivity contribution >= 4 is 54.2 Å². The van der Waals surface area contributed by atoms with Crippen molar-refractivity contribution in [1.29, 1.82) is 0 Å². The molecule has 0 fully saturated rings. The van der Waals surface area contributed by atoms with Crippen molar-refractivity contribution in [3.63, 3.8) is 0 Å². The molecule has 0 bridgehead atoms. The second-order valence-electron chi connectivity index (χ2n) is 2.40. The van der Waals surface area contributed by atoms with E-state index < -0.39 is 0 Å². The van der Waals surface area contributed by atoms with E-state index >= 15 is 0 Å². The zero-order chi connectivity index (χ0) is 6.97. The topological polar surface area (TPSA) is 12.0 Å². The number of nitrogens with one attached hydrogen (secondary N) is 1. The summed E-state index contributed by atoms with van der Waals surface area (Å²) in [4.78, 5) is 0. The summed E-state index contributed by atoms with van der Waals surface area (Å²) in [7, 11) is 0. The maximum atomic E-state index is 3.46. The van der Waals surface area contributed by atoms with Gasteiger partial charge in [-0.1, -0.05) is 0 Å². The molecule has 0 radical (unpaired) electrons. The predicted octanol–water partition coefficient (Wildman–Crippen LogP) is 1.41. The molecule has 1 aliphatic heterocycles. The monoisotopic (exact) mass is 377 g/mol. The molecule has 1 aromatic carbocycles. The van der Waals surface area contributed by atoms with Gasteiger partial charge in [-0.15, -0.1) is 24.0 Å². The number of hydrogen-bond donors (Lipinski definition) is 1. The molecule has 1 nitrogen and oxygen atoms in total. The first-order valence-corrected chi connectivity index (χ1v) is 5.89. The summed E-state index contributed by atoms with van der Waals surface area (Å²) in [5.41, 5.74) is 1.37. The van der Waals surface area contributed by atoms with Gasteiger partial charge in [0.15, 0.2) is 0 Å². The molecule has 0 spiro atoms. The van der Waals surface area contributed by atoms with E-state index in [1.165, 1.54) is 5.69 Å². The Bertz CT molecular complexity index is 227. The molecular formula is C8H10INTe. The molecule has 0 aliphatic carbocycles. The van der Waals surface area contributed by atoms with Crippen molar-refractivity contribution in [2.75, 3.05) is 5.32 Å². The van der Waals surface area contributed by atoms with Gasteiger partial charge in [0.1, 0.15) is 0 Å². The van der Waals surface area contributed by atoms with E-state index in [1.54, 1.807) is 3.61 Å². The van der Waals surface area contributed by atoms with E-state index in [9.17, 15) is 0 Å². The van der Waals surface area contributed by atoms with Gasteiger partial charge in [-0.25, -0.2) is 0 Å². The van der Waals surface area contributed by atoms with Crippen LogP contribution >= 0.6 is 24.0 Å². The molecule has 1 aromatic rings. The van der Waals surface area contributed by atoms with Crippen LogP contribution < -0.4 is 8.93 Å². The Kier molecular flexibility index (Phi) is 3.48. The van der Waals surface area contributed by atoms with E-state index in [0.29, 0.717) is 0 Å². The van der Waals surface area contributed by atoms with E-state index in [4.69, 9.17) is 0 Å². The first kappa shape index (κ1) is 9.63. The first-order valence-electron chi connectivity index (χ1n) is 3.38. The molecule has 1 N–H and O–H groups in total. The Morgan fingerprint density at radius 2 is 2.09 bits per heavy atom. The van der Waals surface area contributed by atoms with Crippen LogP contribution in [0.4, 0.5) is 5.69 Å². The Hall–Kier alpha value is 0.540. The molecule has 3 heteroatoms. The van der Waals surface area contributed by atoms with Crippen LogP contribution in [-0.4, -0.2) is 25.0 Å². The fourth-order valence-electron chi connectivity index (χ4n) is 1.13. The van der Waals surface area contributed by atoms with Crippen LogP contribution in [0.25, 0.3) is 0 Å². The Morgan fingerprint density at radius 1 is 1.36 bits per heavy atom. The molecule has 1 atom stereocenters.